The monoisotopic (exact) mass is 197 g/mol. The van der Waals surface area contributed by atoms with Gasteiger partial charge in [-0.1, -0.05) is 0 Å². The summed E-state index contributed by atoms with van der Waals surface area (Å²) in [7, 11) is 1.76. The van der Waals surface area contributed by atoms with Crippen molar-refractivity contribution in [1.82, 2.24) is 9.27 Å². The molecule has 1 aromatic rings. The molecule has 2 rings (SSSR count). The van der Waals surface area contributed by atoms with Crippen LogP contribution in [0.3, 0.4) is 0 Å². The van der Waals surface area contributed by atoms with E-state index in [0.717, 1.165) is 11.3 Å². The number of likely N-dealkylation sites (N-methyl/N-ethyl adjacent to an activating group) is 1. The number of carbonyl (C=O) groups is 1. The topological polar surface area (TPSA) is 59.2 Å². The first-order valence-corrected chi connectivity index (χ1v) is 4.86. The number of nitrogens with zero attached hydrogens (tertiary/aromatic N) is 2. The zero-order chi connectivity index (χ0) is 9.59. The van der Waals surface area contributed by atoms with E-state index in [0.29, 0.717) is 11.4 Å². The number of nitrogens with two attached hydrogens (primary N) is 1. The van der Waals surface area contributed by atoms with Crippen molar-refractivity contribution in [3.05, 3.63) is 16.1 Å². The van der Waals surface area contributed by atoms with Gasteiger partial charge in [-0.05, 0) is 18.5 Å². The van der Waals surface area contributed by atoms with Crippen LogP contribution in [-0.4, -0.2) is 28.8 Å². The maximum atomic E-state index is 11.6. The first-order chi connectivity index (χ1) is 6.11. The van der Waals surface area contributed by atoms with Gasteiger partial charge in [0.05, 0.1) is 11.7 Å². The van der Waals surface area contributed by atoms with Crippen LogP contribution in [0.5, 0.6) is 0 Å². The van der Waals surface area contributed by atoms with E-state index in [1.165, 1.54) is 11.5 Å². The van der Waals surface area contributed by atoms with Crippen LogP contribution in [0.1, 0.15) is 27.0 Å². The van der Waals surface area contributed by atoms with Crippen LogP contribution in [-0.2, 0) is 0 Å². The Balaban J connectivity index is 2.56. The largest absolute Gasteiger partial charge is 0.339 e. The molecule has 2 N–H and O–H groups in total. The van der Waals surface area contributed by atoms with Gasteiger partial charge < -0.3 is 10.6 Å². The quantitative estimate of drug-likeness (QED) is 0.660. The maximum absolute atomic E-state index is 11.6. The Morgan fingerprint density at radius 3 is 3.08 bits per heavy atom. The van der Waals surface area contributed by atoms with E-state index in [9.17, 15) is 4.79 Å². The lowest BCUT2D eigenvalue weighted by atomic mass is 10.0. The average molecular weight is 197 g/mol. The van der Waals surface area contributed by atoms with Crippen molar-refractivity contribution in [1.29, 1.82) is 0 Å². The minimum absolute atomic E-state index is 0.0438. The summed E-state index contributed by atoms with van der Waals surface area (Å²) in [6.07, 6.45) is 0. The average Bonchev–Trinajstić information content (AvgIpc) is 2.44. The van der Waals surface area contributed by atoms with Crippen LogP contribution in [0.25, 0.3) is 0 Å². The predicted molar refractivity (Wildman–Crippen MR) is 50.7 cm³/mol. The Labute approximate surface area is 80.5 Å². The molecule has 13 heavy (non-hydrogen) atoms. The van der Waals surface area contributed by atoms with Crippen LogP contribution in [0, 0.1) is 6.92 Å². The van der Waals surface area contributed by atoms with Crippen molar-refractivity contribution in [2.45, 2.75) is 13.0 Å². The van der Waals surface area contributed by atoms with Gasteiger partial charge in [0.15, 0.2) is 0 Å². The number of hydrogen-bond donors (Lipinski definition) is 1. The number of rotatable bonds is 0. The summed E-state index contributed by atoms with van der Waals surface area (Å²) in [6.45, 7) is 2.48. The van der Waals surface area contributed by atoms with Gasteiger partial charge >= 0.3 is 0 Å². The molecule has 0 saturated heterocycles. The second-order valence-corrected chi connectivity index (χ2v) is 4.08. The first kappa shape index (κ1) is 8.65. The van der Waals surface area contributed by atoms with Crippen molar-refractivity contribution in [2.24, 2.45) is 5.73 Å². The van der Waals surface area contributed by atoms with E-state index in [2.05, 4.69) is 4.37 Å². The highest BCUT2D eigenvalue weighted by molar-refractivity contribution is 7.08. The van der Waals surface area contributed by atoms with Gasteiger partial charge in [0, 0.05) is 19.2 Å². The third-order valence-corrected chi connectivity index (χ3v) is 3.23. The number of fused-ring (bicyclic) bond motifs is 1. The molecule has 1 amide bonds. The second kappa shape index (κ2) is 2.78. The molecular formula is C8H11N3OS. The van der Waals surface area contributed by atoms with Crippen molar-refractivity contribution >= 4 is 17.4 Å². The molecule has 5 heteroatoms. The highest BCUT2D eigenvalue weighted by atomic mass is 32.1. The fourth-order valence-electron chi connectivity index (χ4n) is 1.61. The molecule has 1 atom stereocenters. The third kappa shape index (κ3) is 1.15. The lowest BCUT2D eigenvalue weighted by molar-refractivity contribution is 0.0771. The minimum Gasteiger partial charge on any atom is -0.339 e. The van der Waals surface area contributed by atoms with Crippen molar-refractivity contribution in [3.63, 3.8) is 0 Å². The van der Waals surface area contributed by atoms with Gasteiger partial charge in [0.25, 0.3) is 5.91 Å². The molecule has 0 spiro atoms. The van der Waals surface area contributed by atoms with Gasteiger partial charge in [0.1, 0.15) is 4.88 Å². The molecule has 0 aliphatic carbocycles. The van der Waals surface area contributed by atoms with E-state index in [1.807, 2.05) is 6.92 Å². The van der Waals surface area contributed by atoms with Crippen molar-refractivity contribution in [2.75, 3.05) is 13.6 Å². The molecule has 1 unspecified atom stereocenters. The molecular weight excluding hydrogens is 186 g/mol. The summed E-state index contributed by atoms with van der Waals surface area (Å²) >= 11 is 1.25. The Morgan fingerprint density at radius 2 is 2.38 bits per heavy atom. The highest BCUT2D eigenvalue weighted by Crippen LogP contribution is 2.29. The third-order valence-electron chi connectivity index (χ3n) is 2.29. The van der Waals surface area contributed by atoms with Crippen molar-refractivity contribution < 1.29 is 4.79 Å². The van der Waals surface area contributed by atoms with Crippen LogP contribution in [0.4, 0.5) is 0 Å². The lowest BCUT2D eigenvalue weighted by Gasteiger charge is -2.26. The van der Waals surface area contributed by atoms with E-state index in [1.54, 1.807) is 11.9 Å². The molecule has 0 fully saturated rings. The lowest BCUT2D eigenvalue weighted by Crippen LogP contribution is -2.39. The fraction of sp³-hybridized carbons (Fsp3) is 0.500. The Morgan fingerprint density at radius 1 is 1.69 bits per heavy atom. The van der Waals surface area contributed by atoms with E-state index in [-0.39, 0.29) is 11.9 Å². The Kier molecular flexibility index (Phi) is 1.85. The van der Waals surface area contributed by atoms with E-state index in [4.69, 9.17) is 5.73 Å². The zero-order valence-electron chi connectivity index (χ0n) is 7.57. The smallest absolute Gasteiger partial charge is 0.265 e. The van der Waals surface area contributed by atoms with Crippen molar-refractivity contribution in [3.8, 4) is 0 Å². The Hall–Kier alpha value is -0.940. The van der Waals surface area contributed by atoms with E-state index < -0.39 is 0 Å². The molecule has 1 aliphatic rings. The Bertz CT molecular complexity index is 360. The van der Waals surface area contributed by atoms with Crippen LogP contribution in [0.15, 0.2) is 0 Å². The molecule has 1 aliphatic heterocycles. The summed E-state index contributed by atoms with van der Waals surface area (Å²) in [6, 6.07) is -0.0727. The SMILES string of the molecule is Cc1nsc2c1C(N)CN(C)C2=O. The van der Waals surface area contributed by atoms with Crippen LogP contribution in [0.2, 0.25) is 0 Å². The number of carbonyl (C=O) groups excluding carboxylic acids is 1. The van der Waals surface area contributed by atoms with Crippen LogP contribution >= 0.6 is 11.5 Å². The summed E-state index contributed by atoms with van der Waals surface area (Å²) in [5, 5.41) is 0. The first-order valence-electron chi connectivity index (χ1n) is 4.08. The van der Waals surface area contributed by atoms with Gasteiger partial charge in [-0.3, -0.25) is 4.79 Å². The fourth-order valence-corrected chi connectivity index (χ4v) is 2.57. The second-order valence-electron chi connectivity index (χ2n) is 3.30. The molecule has 70 valence electrons. The van der Waals surface area contributed by atoms with Crippen LogP contribution < -0.4 is 5.73 Å². The maximum Gasteiger partial charge on any atom is 0.265 e. The normalized spacial score (nSPS) is 21.9. The highest BCUT2D eigenvalue weighted by Gasteiger charge is 2.30. The van der Waals surface area contributed by atoms with E-state index >= 15 is 0 Å². The molecule has 1 aromatic heterocycles. The molecule has 4 nitrogen and oxygen atoms in total. The molecule has 0 saturated carbocycles. The molecule has 2 heterocycles. The zero-order valence-corrected chi connectivity index (χ0v) is 8.39. The number of amides is 1. The number of aryl methyl sites for hydroxylation is 1. The predicted octanol–water partition coefficient (Wildman–Crippen LogP) is 0.537. The summed E-state index contributed by atoms with van der Waals surface area (Å²) in [4.78, 5) is 14.0. The minimum atomic E-state index is -0.0727. The number of hydrogen-bond acceptors (Lipinski definition) is 4. The molecule has 0 bridgehead atoms. The van der Waals surface area contributed by atoms with Gasteiger partial charge in [-0.2, -0.15) is 4.37 Å². The molecule has 0 aromatic carbocycles. The molecule has 0 radical (unpaired) electrons. The summed E-state index contributed by atoms with van der Waals surface area (Å²) in [5.74, 6) is 0.0438. The van der Waals surface area contributed by atoms with Gasteiger partial charge in [-0.15, -0.1) is 0 Å². The van der Waals surface area contributed by atoms with Gasteiger partial charge in [0.2, 0.25) is 0 Å². The summed E-state index contributed by atoms with van der Waals surface area (Å²) < 4.78 is 4.15. The summed E-state index contributed by atoms with van der Waals surface area (Å²) in [5.41, 5.74) is 7.75. The van der Waals surface area contributed by atoms with Gasteiger partial charge in [-0.25, -0.2) is 0 Å². The number of aromatic nitrogens is 1. The standard InChI is InChI=1S/C8H11N3OS/c1-4-6-5(9)3-11(2)8(12)7(6)13-10-4/h5H,3,9H2,1-2H3.